The molecular formula is C11H15F3N2O2. The van der Waals surface area contributed by atoms with Crippen LogP contribution in [0.15, 0.2) is 6.20 Å². The number of H-pyrrole nitrogens is 1. The van der Waals surface area contributed by atoms with Crippen molar-refractivity contribution in [3.05, 3.63) is 17.5 Å². The van der Waals surface area contributed by atoms with Crippen LogP contribution in [0, 0.1) is 5.41 Å². The summed E-state index contributed by atoms with van der Waals surface area (Å²) in [5.74, 6) is -0.445. The molecule has 0 unspecified atom stereocenters. The van der Waals surface area contributed by atoms with Crippen LogP contribution in [-0.2, 0) is 22.1 Å². The number of hydrogen-bond acceptors (Lipinski definition) is 3. The van der Waals surface area contributed by atoms with Gasteiger partial charge in [0.25, 0.3) is 0 Å². The molecule has 0 spiro atoms. The Hall–Kier alpha value is -1.53. The van der Waals surface area contributed by atoms with E-state index in [4.69, 9.17) is 4.74 Å². The summed E-state index contributed by atoms with van der Waals surface area (Å²) in [6, 6.07) is 0. The molecule has 0 fully saturated rings. The van der Waals surface area contributed by atoms with Crippen molar-refractivity contribution in [1.82, 2.24) is 10.2 Å². The zero-order valence-corrected chi connectivity index (χ0v) is 10.4. The maximum atomic E-state index is 12.5. The molecule has 102 valence electrons. The van der Waals surface area contributed by atoms with Crippen LogP contribution in [0.5, 0.6) is 0 Å². The van der Waals surface area contributed by atoms with Gasteiger partial charge in [0.05, 0.1) is 18.2 Å². The van der Waals surface area contributed by atoms with Gasteiger partial charge < -0.3 is 4.74 Å². The molecule has 0 aromatic carbocycles. The quantitative estimate of drug-likeness (QED) is 0.853. The molecule has 0 saturated heterocycles. The number of carbonyl (C=O) groups is 1. The van der Waals surface area contributed by atoms with Gasteiger partial charge in [0, 0.05) is 12.0 Å². The van der Waals surface area contributed by atoms with Gasteiger partial charge in [0.15, 0.2) is 0 Å². The first-order chi connectivity index (χ1) is 8.12. The van der Waals surface area contributed by atoms with E-state index in [-0.39, 0.29) is 18.6 Å². The van der Waals surface area contributed by atoms with E-state index in [1.54, 1.807) is 20.8 Å². The van der Waals surface area contributed by atoms with E-state index in [1.165, 1.54) is 0 Å². The maximum absolute atomic E-state index is 12.5. The smallest absolute Gasteiger partial charge is 0.433 e. The molecule has 0 saturated carbocycles. The minimum atomic E-state index is -4.47. The fourth-order valence-electron chi connectivity index (χ4n) is 1.22. The molecule has 0 aliphatic carbocycles. The van der Waals surface area contributed by atoms with E-state index >= 15 is 0 Å². The van der Waals surface area contributed by atoms with Gasteiger partial charge in [-0.3, -0.25) is 9.89 Å². The third-order valence-electron chi connectivity index (χ3n) is 2.22. The predicted octanol–water partition coefficient (Wildman–Crippen LogP) is 2.56. The number of aromatic nitrogens is 2. The fourth-order valence-corrected chi connectivity index (χ4v) is 1.22. The van der Waals surface area contributed by atoms with E-state index in [0.29, 0.717) is 0 Å². The Labute approximate surface area is 103 Å². The summed E-state index contributed by atoms with van der Waals surface area (Å²) >= 11 is 0. The molecule has 1 rings (SSSR count). The summed E-state index contributed by atoms with van der Waals surface area (Å²) in [5, 5.41) is 5.25. The lowest BCUT2D eigenvalue weighted by atomic mass is 9.97. The molecule has 1 aromatic rings. The first-order valence-electron chi connectivity index (χ1n) is 5.39. The molecule has 7 heteroatoms. The van der Waals surface area contributed by atoms with Crippen LogP contribution < -0.4 is 0 Å². The van der Waals surface area contributed by atoms with Gasteiger partial charge in [-0.15, -0.1) is 0 Å². The number of aromatic amines is 1. The van der Waals surface area contributed by atoms with Crippen molar-refractivity contribution in [1.29, 1.82) is 0 Å². The molecule has 0 aliphatic heterocycles. The molecule has 1 N–H and O–H groups in total. The third-order valence-corrected chi connectivity index (χ3v) is 2.22. The van der Waals surface area contributed by atoms with Crippen LogP contribution in [0.3, 0.4) is 0 Å². The Kier molecular flexibility index (Phi) is 4.03. The number of alkyl halides is 3. The molecule has 0 atom stereocenters. The average molecular weight is 264 g/mol. The SMILES string of the molecule is CC(C)(C)C(=O)OCCc1cn[nH]c1C(F)(F)F. The van der Waals surface area contributed by atoms with Crippen molar-refractivity contribution in [3.8, 4) is 0 Å². The summed E-state index contributed by atoms with van der Waals surface area (Å²) in [6.07, 6.45) is -3.40. The van der Waals surface area contributed by atoms with Crippen LogP contribution in [0.4, 0.5) is 13.2 Å². The Morgan fingerprint density at radius 1 is 1.39 bits per heavy atom. The highest BCUT2D eigenvalue weighted by atomic mass is 19.4. The minimum Gasteiger partial charge on any atom is -0.465 e. The van der Waals surface area contributed by atoms with Crippen molar-refractivity contribution in [3.63, 3.8) is 0 Å². The zero-order chi connectivity index (χ0) is 14.0. The lowest BCUT2D eigenvalue weighted by molar-refractivity contribution is -0.152. The fraction of sp³-hybridized carbons (Fsp3) is 0.636. The van der Waals surface area contributed by atoms with Crippen molar-refractivity contribution in [2.75, 3.05) is 6.61 Å². The van der Waals surface area contributed by atoms with E-state index in [0.717, 1.165) is 6.20 Å². The minimum absolute atomic E-state index is 0.00999. The summed E-state index contributed by atoms with van der Waals surface area (Å²) in [5.41, 5.74) is -1.57. The number of ether oxygens (including phenoxy) is 1. The van der Waals surface area contributed by atoms with E-state index in [9.17, 15) is 18.0 Å². The van der Waals surface area contributed by atoms with Gasteiger partial charge in [-0.1, -0.05) is 0 Å². The number of hydrogen-bond donors (Lipinski definition) is 1. The Balaban J connectivity index is 2.56. The summed E-state index contributed by atoms with van der Waals surface area (Å²) in [7, 11) is 0. The molecule has 0 amide bonds. The van der Waals surface area contributed by atoms with Crippen molar-refractivity contribution in [2.24, 2.45) is 5.41 Å². The van der Waals surface area contributed by atoms with Crippen LogP contribution >= 0.6 is 0 Å². The predicted molar refractivity (Wildman–Crippen MR) is 57.7 cm³/mol. The van der Waals surface area contributed by atoms with Crippen LogP contribution in [0.25, 0.3) is 0 Å². The maximum Gasteiger partial charge on any atom is 0.433 e. The standard InChI is InChI=1S/C11H15F3N2O2/c1-10(2,3)9(17)18-5-4-7-6-15-16-8(7)11(12,13)14/h6H,4-5H2,1-3H3,(H,15,16). The Bertz CT molecular complexity index is 419. The average Bonchev–Trinajstić information content (AvgIpc) is 2.63. The van der Waals surface area contributed by atoms with E-state index in [1.807, 2.05) is 5.10 Å². The van der Waals surface area contributed by atoms with Gasteiger partial charge >= 0.3 is 12.1 Å². The second-order valence-electron chi connectivity index (χ2n) is 4.90. The molecule has 18 heavy (non-hydrogen) atoms. The highest BCUT2D eigenvalue weighted by Gasteiger charge is 2.35. The van der Waals surface area contributed by atoms with E-state index < -0.39 is 23.3 Å². The monoisotopic (exact) mass is 264 g/mol. The van der Waals surface area contributed by atoms with Crippen molar-refractivity contribution < 1.29 is 22.7 Å². The first kappa shape index (κ1) is 14.5. The number of esters is 1. The zero-order valence-electron chi connectivity index (χ0n) is 10.4. The molecule has 0 aliphatic rings. The Morgan fingerprint density at radius 2 is 2.00 bits per heavy atom. The second-order valence-corrected chi connectivity index (χ2v) is 4.90. The molecule has 1 aromatic heterocycles. The van der Waals surface area contributed by atoms with Gasteiger partial charge in [-0.2, -0.15) is 18.3 Å². The van der Waals surface area contributed by atoms with Crippen LogP contribution in [-0.4, -0.2) is 22.8 Å². The number of nitrogens with one attached hydrogen (secondary N) is 1. The van der Waals surface area contributed by atoms with Gasteiger partial charge in [-0.25, -0.2) is 0 Å². The summed E-state index contributed by atoms with van der Waals surface area (Å²) in [4.78, 5) is 11.4. The summed E-state index contributed by atoms with van der Waals surface area (Å²) < 4.78 is 42.3. The molecule has 1 heterocycles. The first-order valence-corrected chi connectivity index (χ1v) is 5.39. The van der Waals surface area contributed by atoms with Crippen molar-refractivity contribution in [2.45, 2.75) is 33.4 Å². The normalized spacial score (nSPS) is 12.6. The highest BCUT2D eigenvalue weighted by molar-refractivity contribution is 5.75. The third kappa shape index (κ3) is 3.75. The summed E-state index contributed by atoms with van der Waals surface area (Å²) in [6.45, 7) is 4.93. The van der Waals surface area contributed by atoms with Gasteiger partial charge in [0.2, 0.25) is 0 Å². The lowest BCUT2D eigenvalue weighted by Crippen LogP contribution is -2.24. The van der Waals surface area contributed by atoms with Crippen LogP contribution in [0.1, 0.15) is 32.0 Å². The number of nitrogens with zero attached hydrogens (tertiary/aromatic N) is 1. The lowest BCUT2D eigenvalue weighted by Gasteiger charge is -2.16. The number of rotatable bonds is 3. The topological polar surface area (TPSA) is 55.0 Å². The number of halogens is 3. The van der Waals surface area contributed by atoms with Gasteiger partial charge in [0.1, 0.15) is 5.69 Å². The van der Waals surface area contributed by atoms with E-state index in [2.05, 4.69) is 5.10 Å². The largest absolute Gasteiger partial charge is 0.465 e. The second kappa shape index (κ2) is 4.99. The molecule has 0 bridgehead atoms. The van der Waals surface area contributed by atoms with Crippen molar-refractivity contribution >= 4 is 5.97 Å². The molecule has 0 radical (unpaired) electrons. The molecular weight excluding hydrogens is 249 g/mol. The van der Waals surface area contributed by atoms with Gasteiger partial charge in [-0.05, 0) is 20.8 Å². The Morgan fingerprint density at radius 3 is 2.50 bits per heavy atom. The van der Waals surface area contributed by atoms with Crippen LogP contribution in [0.2, 0.25) is 0 Å². The molecule has 4 nitrogen and oxygen atoms in total. The highest BCUT2D eigenvalue weighted by Crippen LogP contribution is 2.30. The number of carbonyl (C=O) groups excluding carboxylic acids is 1.